The van der Waals surface area contributed by atoms with Gasteiger partial charge >= 0.3 is 0 Å². The predicted molar refractivity (Wildman–Crippen MR) is 166 cm³/mol. The Labute approximate surface area is 242 Å². The molecule has 200 valence electrons. The molecule has 0 unspecified atom stereocenters. The van der Waals surface area contributed by atoms with Crippen LogP contribution < -0.4 is 10.6 Å². The second-order valence-corrected chi connectivity index (χ2v) is 9.60. The van der Waals surface area contributed by atoms with E-state index in [1.165, 1.54) is 6.08 Å². The molecular weight excluding hydrogens is 532 g/mol. The third-order valence-electron chi connectivity index (χ3n) is 6.40. The number of rotatable bonds is 8. The van der Waals surface area contributed by atoms with Gasteiger partial charge in [0.2, 0.25) is 0 Å². The summed E-state index contributed by atoms with van der Waals surface area (Å²) < 4.78 is 0. The van der Waals surface area contributed by atoms with Crippen LogP contribution in [0.2, 0.25) is 5.02 Å². The Hall–Kier alpha value is -5.26. The Morgan fingerprint density at radius 1 is 0.634 bits per heavy atom. The van der Waals surface area contributed by atoms with Gasteiger partial charge in [-0.3, -0.25) is 14.4 Å². The summed E-state index contributed by atoms with van der Waals surface area (Å²) in [6.07, 6.45) is 4.87. The highest BCUT2D eigenvalue weighted by Crippen LogP contribution is 2.21. The lowest BCUT2D eigenvalue weighted by Crippen LogP contribution is -2.30. The van der Waals surface area contributed by atoms with Gasteiger partial charge < -0.3 is 10.6 Å². The SMILES string of the molecule is O=C(Nc1ccc(C(=O)/C=C/c2cccc3ccccc23)cc1)/C(=C/c1ccccc1Cl)NC(=O)c1ccccc1. The molecular formula is C35H25ClN2O3. The molecule has 0 saturated heterocycles. The molecule has 0 bridgehead atoms. The van der Waals surface area contributed by atoms with Crippen LogP contribution in [0.25, 0.3) is 22.9 Å². The summed E-state index contributed by atoms with van der Waals surface area (Å²) in [5.74, 6) is -1.13. The Bertz CT molecular complexity index is 1790. The number of hydrogen-bond donors (Lipinski definition) is 2. The van der Waals surface area contributed by atoms with Crippen LogP contribution in [-0.4, -0.2) is 17.6 Å². The van der Waals surface area contributed by atoms with E-state index in [1.54, 1.807) is 84.9 Å². The molecule has 5 aromatic carbocycles. The lowest BCUT2D eigenvalue weighted by molar-refractivity contribution is -0.113. The van der Waals surface area contributed by atoms with Gasteiger partial charge in [0.05, 0.1) is 0 Å². The van der Waals surface area contributed by atoms with Crippen molar-refractivity contribution in [1.29, 1.82) is 0 Å². The average Bonchev–Trinajstić information content (AvgIpc) is 3.01. The standard InChI is InChI=1S/C35H25ClN2O3/c36-31-16-7-5-12-28(31)23-32(38-34(40)27-10-2-1-3-11-27)35(41)37-29-20-17-26(18-21-29)33(39)22-19-25-14-8-13-24-9-4-6-15-30(24)25/h1-23H,(H,37,41)(H,38,40)/b22-19+,32-23-. The number of anilines is 1. The number of fused-ring (bicyclic) bond motifs is 1. The maximum atomic E-state index is 13.3. The minimum Gasteiger partial charge on any atom is -0.321 e. The zero-order valence-electron chi connectivity index (χ0n) is 21.9. The third-order valence-corrected chi connectivity index (χ3v) is 6.74. The van der Waals surface area contributed by atoms with E-state index >= 15 is 0 Å². The number of carbonyl (C=O) groups excluding carboxylic acids is 3. The Balaban J connectivity index is 1.32. The summed E-state index contributed by atoms with van der Waals surface area (Å²) in [5, 5.41) is 8.09. The van der Waals surface area contributed by atoms with Crippen molar-refractivity contribution in [2.24, 2.45) is 0 Å². The van der Waals surface area contributed by atoms with Crippen molar-refractivity contribution in [3.8, 4) is 0 Å². The number of hydrogen-bond acceptors (Lipinski definition) is 3. The fraction of sp³-hybridized carbons (Fsp3) is 0. The zero-order valence-corrected chi connectivity index (χ0v) is 22.6. The predicted octanol–water partition coefficient (Wildman–Crippen LogP) is 7.80. The van der Waals surface area contributed by atoms with E-state index in [2.05, 4.69) is 10.6 Å². The Kier molecular flexibility index (Phi) is 8.48. The van der Waals surface area contributed by atoms with Crippen molar-refractivity contribution >= 4 is 57.8 Å². The summed E-state index contributed by atoms with van der Waals surface area (Å²) in [7, 11) is 0. The molecule has 2 amide bonds. The normalized spacial score (nSPS) is 11.4. The van der Waals surface area contributed by atoms with E-state index in [0.29, 0.717) is 27.4 Å². The van der Waals surface area contributed by atoms with Crippen LogP contribution >= 0.6 is 11.6 Å². The van der Waals surface area contributed by atoms with E-state index < -0.39 is 11.8 Å². The van der Waals surface area contributed by atoms with Crippen LogP contribution in [-0.2, 0) is 4.79 Å². The van der Waals surface area contributed by atoms with Gasteiger partial charge in [-0.25, -0.2) is 0 Å². The number of amides is 2. The molecule has 0 aliphatic rings. The lowest BCUT2D eigenvalue weighted by atomic mass is 10.0. The molecule has 5 nitrogen and oxygen atoms in total. The lowest BCUT2D eigenvalue weighted by Gasteiger charge is -2.12. The Morgan fingerprint density at radius 3 is 2.07 bits per heavy atom. The number of nitrogens with one attached hydrogen (secondary N) is 2. The molecule has 0 aliphatic carbocycles. The molecule has 0 fully saturated rings. The van der Waals surface area contributed by atoms with E-state index in [-0.39, 0.29) is 11.5 Å². The number of ketones is 1. The van der Waals surface area contributed by atoms with Crippen LogP contribution in [0.3, 0.4) is 0 Å². The van der Waals surface area contributed by atoms with Crippen molar-refractivity contribution < 1.29 is 14.4 Å². The number of allylic oxidation sites excluding steroid dienone is 1. The van der Waals surface area contributed by atoms with Crippen LogP contribution in [0.4, 0.5) is 5.69 Å². The summed E-state index contributed by atoms with van der Waals surface area (Å²) in [5.41, 5.74) is 2.89. The van der Waals surface area contributed by atoms with Gasteiger partial charge in [0.1, 0.15) is 5.70 Å². The van der Waals surface area contributed by atoms with E-state index in [9.17, 15) is 14.4 Å². The first-order valence-electron chi connectivity index (χ1n) is 12.9. The molecule has 5 rings (SSSR count). The van der Waals surface area contributed by atoms with Gasteiger partial charge in [0, 0.05) is 21.8 Å². The van der Waals surface area contributed by atoms with E-state index in [4.69, 9.17) is 11.6 Å². The highest BCUT2D eigenvalue weighted by Gasteiger charge is 2.16. The molecule has 6 heteroatoms. The van der Waals surface area contributed by atoms with E-state index in [1.807, 2.05) is 48.5 Å². The minimum atomic E-state index is -0.538. The van der Waals surface area contributed by atoms with Crippen molar-refractivity contribution in [1.82, 2.24) is 5.32 Å². The quantitative estimate of drug-likeness (QED) is 0.151. The van der Waals surface area contributed by atoms with E-state index in [0.717, 1.165) is 16.3 Å². The highest BCUT2D eigenvalue weighted by atomic mass is 35.5. The van der Waals surface area contributed by atoms with Gasteiger partial charge in [-0.15, -0.1) is 0 Å². The van der Waals surface area contributed by atoms with Crippen LogP contribution in [0.5, 0.6) is 0 Å². The summed E-state index contributed by atoms with van der Waals surface area (Å²) in [6, 6.07) is 36.2. The largest absolute Gasteiger partial charge is 0.321 e. The maximum absolute atomic E-state index is 13.3. The van der Waals surface area contributed by atoms with Gasteiger partial charge in [-0.05, 0) is 76.5 Å². The monoisotopic (exact) mass is 556 g/mol. The second kappa shape index (κ2) is 12.7. The highest BCUT2D eigenvalue weighted by molar-refractivity contribution is 6.32. The summed E-state index contributed by atoms with van der Waals surface area (Å²) in [6.45, 7) is 0. The number of halogens is 1. The fourth-order valence-corrected chi connectivity index (χ4v) is 4.45. The van der Waals surface area contributed by atoms with Crippen molar-refractivity contribution in [2.45, 2.75) is 0 Å². The first kappa shape index (κ1) is 27.3. The molecule has 0 atom stereocenters. The summed E-state index contributed by atoms with van der Waals surface area (Å²) in [4.78, 5) is 38.9. The Morgan fingerprint density at radius 2 is 1.29 bits per heavy atom. The first-order valence-corrected chi connectivity index (χ1v) is 13.3. The topological polar surface area (TPSA) is 75.3 Å². The van der Waals surface area contributed by atoms with Crippen LogP contribution in [0, 0.1) is 0 Å². The van der Waals surface area contributed by atoms with Crippen molar-refractivity contribution in [3.05, 3.63) is 160 Å². The molecule has 0 saturated carbocycles. The van der Waals surface area contributed by atoms with Gasteiger partial charge in [0.15, 0.2) is 5.78 Å². The zero-order chi connectivity index (χ0) is 28.6. The number of benzene rings is 5. The molecule has 0 aromatic heterocycles. The van der Waals surface area contributed by atoms with Crippen molar-refractivity contribution in [3.63, 3.8) is 0 Å². The van der Waals surface area contributed by atoms with Gasteiger partial charge in [-0.2, -0.15) is 0 Å². The first-order chi connectivity index (χ1) is 20.0. The van der Waals surface area contributed by atoms with Crippen LogP contribution in [0.15, 0.2) is 133 Å². The summed E-state index contributed by atoms with van der Waals surface area (Å²) >= 11 is 6.30. The third kappa shape index (κ3) is 6.85. The smallest absolute Gasteiger partial charge is 0.272 e. The van der Waals surface area contributed by atoms with Crippen LogP contribution in [0.1, 0.15) is 31.8 Å². The molecule has 0 heterocycles. The molecule has 0 spiro atoms. The second-order valence-electron chi connectivity index (χ2n) is 9.20. The molecule has 41 heavy (non-hydrogen) atoms. The average molecular weight is 557 g/mol. The maximum Gasteiger partial charge on any atom is 0.272 e. The molecule has 0 aliphatic heterocycles. The minimum absolute atomic E-state index is 0.0186. The van der Waals surface area contributed by atoms with Gasteiger partial charge in [0.25, 0.3) is 11.8 Å². The molecule has 2 N–H and O–H groups in total. The number of carbonyl (C=O) groups is 3. The van der Waals surface area contributed by atoms with Crippen molar-refractivity contribution in [2.75, 3.05) is 5.32 Å². The fourth-order valence-electron chi connectivity index (χ4n) is 4.26. The van der Waals surface area contributed by atoms with Gasteiger partial charge in [-0.1, -0.05) is 96.5 Å². The molecule has 0 radical (unpaired) electrons. The molecule has 5 aromatic rings.